The van der Waals surface area contributed by atoms with Gasteiger partial charge in [-0.15, -0.1) is 0 Å². The summed E-state index contributed by atoms with van der Waals surface area (Å²) in [6.45, 7) is 6.74. The number of amides is 1. The third-order valence-electron chi connectivity index (χ3n) is 3.95. The first kappa shape index (κ1) is 17.1. The van der Waals surface area contributed by atoms with Gasteiger partial charge in [-0.25, -0.2) is 4.79 Å². The molecule has 122 valence electrons. The van der Waals surface area contributed by atoms with Gasteiger partial charge in [-0.1, -0.05) is 23.7 Å². The average Bonchev–Trinajstić information content (AvgIpc) is 2.51. The summed E-state index contributed by atoms with van der Waals surface area (Å²) in [7, 11) is 2.13. The number of nitrogens with one attached hydrogen (secondary N) is 1. The molecule has 1 saturated heterocycles. The van der Waals surface area contributed by atoms with Crippen molar-refractivity contribution in [1.82, 2.24) is 15.1 Å². The molecule has 1 aromatic carbocycles. The molecule has 2 rings (SSSR count). The van der Waals surface area contributed by atoms with Gasteiger partial charge in [-0.05, 0) is 31.7 Å². The molecule has 1 unspecified atom stereocenters. The van der Waals surface area contributed by atoms with Crippen LogP contribution < -0.4 is 5.32 Å². The van der Waals surface area contributed by atoms with Gasteiger partial charge in [0, 0.05) is 37.7 Å². The number of ether oxygens (including phenoxy) is 1. The number of rotatable bonds is 5. The fourth-order valence-electron chi connectivity index (χ4n) is 2.64. The smallest absolute Gasteiger partial charge is 0.407 e. The number of hydrogen-bond donors (Lipinski definition) is 1. The van der Waals surface area contributed by atoms with Crippen LogP contribution in [0.1, 0.15) is 18.5 Å². The Morgan fingerprint density at radius 3 is 2.50 bits per heavy atom. The van der Waals surface area contributed by atoms with E-state index in [4.69, 9.17) is 16.3 Å². The zero-order chi connectivity index (χ0) is 15.9. The van der Waals surface area contributed by atoms with Crippen LogP contribution in [0, 0.1) is 0 Å². The van der Waals surface area contributed by atoms with E-state index in [1.807, 2.05) is 24.3 Å². The molecule has 1 aliphatic rings. The van der Waals surface area contributed by atoms with Crippen LogP contribution in [0.3, 0.4) is 0 Å². The SMILES string of the molecule is CCOC(=O)NCC(c1ccc(Cl)cc1)N1CCN(C)CC1. The lowest BCUT2D eigenvalue weighted by atomic mass is 10.0. The van der Waals surface area contributed by atoms with Crippen molar-refractivity contribution in [3.63, 3.8) is 0 Å². The average molecular weight is 326 g/mol. The van der Waals surface area contributed by atoms with Crippen LogP contribution in [0.2, 0.25) is 5.02 Å². The van der Waals surface area contributed by atoms with Crippen LogP contribution >= 0.6 is 11.6 Å². The first-order valence-electron chi connectivity index (χ1n) is 7.69. The lowest BCUT2D eigenvalue weighted by Crippen LogP contribution is -2.48. The molecule has 0 saturated carbocycles. The second-order valence-corrected chi connectivity index (χ2v) is 5.94. The van der Waals surface area contributed by atoms with Gasteiger partial charge in [0.05, 0.1) is 12.6 Å². The van der Waals surface area contributed by atoms with Gasteiger partial charge in [0.2, 0.25) is 0 Å². The highest BCUT2D eigenvalue weighted by atomic mass is 35.5. The molecule has 22 heavy (non-hydrogen) atoms. The maximum absolute atomic E-state index is 11.6. The Bertz CT molecular complexity index is 473. The fraction of sp³-hybridized carbons (Fsp3) is 0.562. The summed E-state index contributed by atoms with van der Waals surface area (Å²) >= 11 is 5.98. The van der Waals surface area contributed by atoms with Crippen molar-refractivity contribution in [2.45, 2.75) is 13.0 Å². The summed E-state index contributed by atoms with van der Waals surface area (Å²) in [4.78, 5) is 16.3. The maximum atomic E-state index is 11.6. The molecule has 0 aliphatic carbocycles. The molecule has 0 bridgehead atoms. The number of nitrogens with zero attached hydrogens (tertiary/aromatic N) is 2. The predicted molar refractivity (Wildman–Crippen MR) is 88.3 cm³/mol. The van der Waals surface area contributed by atoms with Crippen LogP contribution in [-0.4, -0.2) is 62.3 Å². The van der Waals surface area contributed by atoms with E-state index in [0.29, 0.717) is 13.2 Å². The van der Waals surface area contributed by atoms with Gasteiger partial charge in [0.25, 0.3) is 0 Å². The van der Waals surface area contributed by atoms with E-state index in [2.05, 4.69) is 22.2 Å². The van der Waals surface area contributed by atoms with E-state index in [0.717, 1.165) is 36.8 Å². The quantitative estimate of drug-likeness (QED) is 0.902. The third kappa shape index (κ3) is 4.87. The van der Waals surface area contributed by atoms with Crippen LogP contribution in [0.15, 0.2) is 24.3 Å². The summed E-state index contributed by atoms with van der Waals surface area (Å²) < 4.78 is 4.95. The number of likely N-dealkylation sites (N-methyl/N-ethyl adjacent to an activating group) is 1. The summed E-state index contributed by atoms with van der Waals surface area (Å²) in [5.41, 5.74) is 1.16. The Morgan fingerprint density at radius 1 is 1.27 bits per heavy atom. The number of carbonyl (C=O) groups excluding carboxylic acids is 1. The van der Waals surface area contributed by atoms with E-state index >= 15 is 0 Å². The van der Waals surface area contributed by atoms with Gasteiger partial charge in [-0.2, -0.15) is 0 Å². The molecule has 1 amide bonds. The van der Waals surface area contributed by atoms with Crippen molar-refractivity contribution in [1.29, 1.82) is 0 Å². The molecule has 1 heterocycles. The Morgan fingerprint density at radius 2 is 1.91 bits per heavy atom. The van der Waals surface area contributed by atoms with E-state index < -0.39 is 0 Å². The Kier molecular flexibility index (Phi) is 6.49. The molecule has 5 nitrogen and oxygen atoms in total. The fourth-order valence-corrected chi connectivity index (χ4v) is 2.76. The van der Waals surface area contributed by atoms with Crippen LogP contribution in [-0.2, 0) is 4.74 Å². The molecule has 6 heteroatoms. The Balaban J connectivity index is 2.06. The summed E-state index contributed by atoms with van der Waals surface area (Å²) in [5.74, 6) is 0. The topological polar surface area (TPSA) is 44.8 Å². The van der Waals surface area contributed by atoms with Crippen molar-refractivity contribution in [3.8, 4) is 0 Å². The van der Waals surface area contributed by atoms with E-state index in [1.54, 1.807) is 6.92 Å². The molecule has 0 spiro atoms. The lowest BCUT2D eigenvalue weighted by Gasteiger charge is -2.38. The summed E-state index contributed by atoms with van der Waals surface area (Å²) in [5, 5.41) is 3.58. The zero-order valence-electron chi connectivity index (χ0n) is 13.2. The molecule has 1 aliphatic heterocycles. The van der Waals surface area contributed by atoms with Crippen molar-refractivity contribution in [2.24, 2.45) is 0 Å². The number of hydrogen-bond acceptors (Lipinski definition) is 4. The second kappa shape index (κ2) is 8.36. The normalized spacial score (nSPS) is 18.0. The molecular formula is C16H24ClN3O2. The number of halogens is 1. The molecule has 1 aromatic rings. The van der Waals surface area contributed by atoms with Gasteiger partial charge >= 0.3 is 6.09 Å². The predicted octanol–water partition coefficient (Wildman–Crippen LogP) is 2.37. The van der Waals surface area contributed by atoms with Crippen molar-refractivity contribution in [3.05, 3.63) is 34.9 Å². The molecule has 0 aromatic heterocycles. The molecule has 0 radical (unpaired) electrons. The van der Waals surface area contributed by atoms with Gasteiger partial charge in [-0.3, -0.25) is 4.90 Å². The van der Waals surface area contributed by atoms with E-state index in [9.17, 15) is 4.79 Å². The number of benzene rings is 1. The minimum Gasteiger partial charge on any atom is -0.450 e. The first-order valence-corrected chi connectivity index (χ1v) is 8.06. The molecule has 1 fully saturated rings. The third-order valence-corrected chi connectivity index (χ3v) is 4.20. The monoisotopic (exact) mass is 325 g/mol. The van der Waals surface area contributed by atoms with Gasteiger partial charge in [0.1, 0.15) is 0 Å². The highest BCUT2D eigenvalue weighted by Crippen LogP contribution is 2.23. The van der Waals surface area contributed by atoms with Crippen LogP contribution in [0.25, 0.3) is 0 Å². The lowest BCUT2D eigenvalue weighted by molar-refractivity contribution is 0.105. The Labute approximate surface area is 137 Å². The first-order chi connectivity index (χ1) is 10.6. The van der Waals surface area contributed by atoms with E-state index in [-0.39, 0.29) is 12.1 Å². The number of carbonyl (C=O) groups is 1. The highest BCUT2D eigenvalue weighted by Gasteiger charge is 2.24. The number of alkyl carbamates (subject to hydrolysis) is 1. The maximum Gasteiger partial charge on any atom is 0.407 e. The standard InChI is InChI=1S/C16H24ClN3O2/c1-3-22-16(21)18-12-15(13-4-6-14(17)7-5-13)20-10-8-19(2)9-11-20/h4-7,15H,3,8-12H2,1-2H3,(H,18,21). The summed E-state index contributed by atoms with van der Waals surface area (Å²) in [6, 6.07) is 7.97. The number of piperazine rings is 1. The minimum absolute atomic E-state index is 0.135. The van der Waals surface area contributed by atoms with Gasteiger partial charge < -0.3 is 15.0 Å². The Hall–Kier alpha value is -1.30. The second-order valence-electron chi connectivity index (χ2n) is 5.51. The van der Waals surface area contributed by atoms with Crippen LogP contribution in [0.5, 0.6) is 0 Å². The van der Waals surface area contributed by atoms with Crippen molar-refractivity contribution < 1.29 is 9.53 Å². The molecule has 1 N–H and O–H groups in total. The highest BCUT2D eigenvalue weighted by molar-refractivity contribution is 6.30. The zero-order valence-corrected chi connectivity index (χ0v) is 14.0. The van der Waals surface area contributed by atoms with Crippen molar-refractivity contribution in [2.75, 3.05) is 46.4 Å². The van der Waals surface area contributed by atoms with Crippen molar-refractivity contribution >= 4 is 17.7 Å². The molecule has 1 atom stereocenters. The summed E-state index contributed by atoms with van der Waals surface area (Å²) in [6.07, 6.45) is -0.365. The largest absolute Gasteiger partial charge is 0.450 e. The van der Waals surface area contributed by atoms with E-state index in [1.165, 1.54) is 0 Å². The minimum atomic E-state index is -0.365. The van der Waals surface area contributed by atoms with Gasteiger partial charge in [0.15, 0.2) is 0 Å². The molecular weight excluding hydrogens is 302 g/mol. The van der Waals surface area contributed by atoms with Crippen LogP contribution in [0.4, 0.5) is 4.79 Å².